The minimum atomic E-state index is -0.995. The summed E-state index contributed by atoms with van der Waals surface area (Å²) in [5, 5.41) is 0. The summed E-state index contributed by atoms with van der Waals surface area (Å²) in [6.07, 6.45) is 15.5. The summed E-state index contributed by atoms with van der Waals surface area (Å²) in [7, 11) is -0.995. The van der Waals surface area contributed by atoms with Crippen molar-refractivity contribution in [2.75, 3.05) is 0 Å². The molecule has 0 spiro atoms. The van der Waals surface area contributed by atoms with Crippen LogP contribution in [-0.4, -0.2) is 26.6 Å². The molecule has 1 rings (SSSR count). The van der Waals surface area contributed by atoms with E-state index in [0.717, 1.165) is 51.0 Å². The number of rotatable bonds is 11. The van der Waals surface area contributed by atoms with Crippen LogP contribution in [0.2, 0.25) is 25.7 Å². The highest BCUT2D eigenvalue weighted by Gasteiger charge is 2.24. The molecule has 3 heteroatoms. The molecule has 2 atom stereocenters. The molecular formula is C26H46O2Si. The zero-order valence-corrected chi connectivity index (χ0v) is 21.3. The molecule has 0 amide bonds. The van der Waals surface area contributed by atoms with Crippen LogP contribution in [0, 0.1) is 11.8 Å². The number of hydrogen-bond donors (Lipinski definition) is 0. The summed E-state index contributed by atoms with van der Waals surface area (Å²) in [6.45, 7) is 16.0. The van der Waals surface area contributed by atoms with Gasteiger partial charge in [0.1, 0.15) is 0 Å². The van der Waals surface area contributed by atoms with E-state index in [1.807, 2.05) is 0 Å². The van der Waals surface area contributed by atoms with Gasteiger partial charge < -0.3 is 9.47 Å². The Kier molecular flexibility index (Phi) is 12.9. The second-order valence-electron chi connectivity index (χ2n) is 10.1. The Balaban J connectivity index is 2.12. The molecule has 1 aliphatic rings. The van der Waals surface area contributed by atoms with Crippen LogP contribution in [0.3, 0.4) is 0 Å². The third kappa shape index (κ3) is 14.7. The summed E-state index contributed by atoms with van der Waals surface area (Å²) >= 11 is 0. The van der Waals surface area contributed by atoms with E-state index in [1.165, 1.54) is 24.0 Å². The number of unbranched alkanes of at least 4 members (excludes halogenated alkanes) is 2. The van der Waals surface area contributed by atoms with Gasteiger partial charge in [-0.2, -0.15) is 0 Å². The number of ether oxygens (including phenoxy) is 2. The van der Waals surface area contributed by atoms with Gasteiger partial charge >= 0.3 is 0 Å². The zero-order chi connectivity index (χ0) is 21.7. The van der Waals surface area contributed by atoms with Gasteiger partial charge in [0.15, 0.2) is 6.29 Å². The van der Waals surface area contributed by atoms with Crippen molar-refractivity contribution in [3.05, 3.63) is 23.3 Å². The van der Waals surface area contributed by atoms with Crippen molar-refractivity contribution in [3.63, 3.8) is 0 Å². The number of allylic oxidation sites excluding steroid dienone is 4. The predicted molar refractivity (Wildman–Crippen MR) is 130 cm³/mol. The van der Waals surface area contributed by atoms with E-state index in [-0.39, 0.29) is 6.29 Å². The fraction of sp³-hybridized carbons (Fsp3) is 0.769. The van der Waals surface area contributed by atoms with Gasteiger partial charge in [0.05, 0.1) is 20.3 Å². The molecule has 2 nitrogen and oxygen atoms in total. The van der Waals surface area contributed by atoms with Crippen molar-refractivity contribution in [2.45, 2.75) is 130 Å². The maximum absolute atomic E-state index is 5.88. The maximum atomic E-state index is 5.88. The summed E-state index contributed by atoms with van der Waals surface area (Å²) in [4.78, 5) is 0. The molecule has 0 N–H and O–H groups in total. The largest absolute Gasteiger partial charge is 0.350 e. The third-order valence-electron chi connectivity index (χ3n) is 5.22. The second-order valence-corrected chi connectivity index (χ2v) is 15.5. The average molecular weight is 419 g/mol. The first-order chi connectivity index (χ1) is 13.7. The highest BCUT2D eigenvalue weighted by molar-refractivity contribution is 6.76. The van der Waals surface area contributed by atoms with E-state index < -0.39 is 8.07 Å². The van der Waals surface area contributed by atoms with Gasteiger partial charge in [0.25, 0.3) is 0 Å². The third-order valence-corrected chi connectivity index (χ3v) is 6.45. The Morgan fingerprint density at radius 3 is 2.17 bits per heavy atom. The molecule has 0 aromatic rings. The first kappa shape index (κ1) is 26.2. The second kappa shape index (κ2) is 14.2. The van der Waals surface area contributed by atoms with Crippen LogP contribution in [0.5, 0.6) is 0 Å². The van der Waals surface area contributed by atoms with Crippen LogP contribution in [0.1, 0.15) is 85.5 Å². The molecular weight excluding hydrogens is 372 g/mol. The Morgan fingerprint density at radius 2 is 1.52 bits per heavy atom. The van der Waals surface area contributed by atoms with Crippen molar-refractivity contribution >= 4 is 8.07 Å². The lowest BCUT2D eigenvalue weighted by Crippen LogP contribution is -2.35. The molecule has 1 aliphatic heterocycles. The molecule has 0 aliphatic carbocycles. The quantitative estimate of drug-likeness (QED) is 0.147. The van der Waals surface area contributed by atoms with Gasteiger partial charge in [-0.15, -0.1) is 11.8 Å². The van der Waals surface area contributed by atoms with Gasteiger partial charge in [0.2, 0.25) is 0 Å². The normalized spacial score (nSPS) is 23.6. The molecule has 0 bridgehead atoms. The average Bonchev–Trinajstić information content (AvgIpc) is 2.59. The topological polar surface area (TPSA) is 18.5 Å². The van der Waals surface area contributed by atoms with Crippen molar-refractivity contribution in [3.8, 4) is 11.8 Å². The first-order valence-corrected chi connectivity index (χ1v) is 15.4. The van der Waals surface area contributed by atoms with Crippen molar-refractivity contribution in [1.82, 2.24) is 0 Å². The Hall–Kier alpha value is -0.823. The van der Waals surface area contributed by atoms with Gasteiger partial charge in [-0.1, -0.05) is 42.9 Å². The van der Waals surface area contributed by atoms with E-state index in [0.29, 0.717) is 12.2 Å². The first-order valence-electron chi connectivity index (χ1n) is 11.7. The number of hydrogen-bond acceptors (Lipinski definition) is 2. The van der Waals surface area contributed by atoms with Crippen molar-refractivity contribution < 1.29 is 9.47 Å². The molecule has 0 saturated carbocycles. The van der Waals surface area contributed by atoms with Crippen LogP contribution in [0.25, 0.3) is 0 Å². The van der Waals surface area contributed by atoms with Crippen LogP contribution in [-0.2, 0) is 9.47 Å². The van der Waals surface area contributed by atoms with Crippen LogP contribution in [0.15, 0.2) is 23.3 Å². The molecule has 1 heterocycles. The van der Waals surface area contributed by atoms with Gasteiger partial charge in [-0.05, 0) is 79.1 Å². The fourth-order valence-electron chi connectivity index (χ4n) is 3.52. The van der Waals surface area contributed by atoms with E-state index >= 15 is 0 Å². The Bertz CT molecular complexity index is 564. The monoisotopic (exact) mass is 418 g/mol. The lowest BCUT2D eigenvalue weighted by atomic mass is 10.0. The minimum Gasteiger partial charge on any atom is -0.350 e. The SMILES string of the molecule is C/C(=C\CCCC#CC[Si](C)(C)C)CC/C=C(\C)CCCC1O[C@@H](C)C[C@H](C)O1. The van der Waals surface area contributed by atoms with Crippen molar-refractivity contribution in [1.29, 1.82) is 0 Å². The lowest BCUT2D eigenvalue weighted by Gasteiger charge is -2.32. The predicted octanol–water partition coefficient (Wildman–Crippen LogP) is 7.88. The van der Waals surface area contributed by atoms with E-state index in [1.54, 1.807) is 0 Å². The molecule has 1 fully saturated rings. The molecule has 1 saturated heterocycles. The maximum Gasteiger partial charge on any atom is 0.158 e. The summed E-state index contributed by atoms with van der Waals surface area (Å²) in [5.74, 6) is 6.72. The van der Waals surface area contributed by atoms with E-state index in [9.17, 15) is 0 Å². The fourth-order valence-corrected chi connectivity index (χ4v) is 4.17. The molecule has 0 radical (unpaired) electrons. The van der Waals surface area contributed by atoms with Crippen LogP contribution in [0.4, 0.5) is 0 Å². The molecule has 166 valence electrons. The van der Waals surface area contributed by atoms with Gasteiger partial charge in [-0.3, -0.25) is 0 Å². The Labute approximate surface area is 182 Å². The van der Waals surface area contributed by atoms with Crippen LogP contribution >= 0.6 is 0 Å². The van der Waals surface area contributed by atoms with Crippen molar-refractivity contribution in [2.24, 2.45) is 0 Å². The Morgan fingerprint density at radius 1 is 0.897 bits per heavy atom. The summed E-state index contributed by atoms with van der Waals surface area (Å²) < 4.78 is 11.8. The van der Waals surface area contributed by atoms with Gasteiger partial charge in [-0.25, -0.2) is 0 Å². The zero-order valence-electron chi connectivity index (χ0n) is 20.3. The lowest BCUT2D eigenvalue weighted by molar-refractivity contribution is -0.236. The standard InChI is InChI=1S/C26H46O2Si/c1-22(15-11-9-8-10-12-20-29(5,6)7)16-13-17-23(2)18-14-19-26-27-24(3)21-25(4)28-26/h15,17,24-26H,8-9,11,13-14,16,18-21H2,1-7H3/b22-15+,23-17+/t24-,25-/m0/s1. The minimum absolute atomic E-state index is 0.00745. The molecule has 29 heavy (non-hydrogen) atoms. The summed E-state index contributed by atoms with van der Waals surface area (Å²) in [6, 6.07) is 1.13. The van der Waals surface area contributed by atoms with Crippen LogP contribution < -0.4 is 0 Å². The van der Waals surface area contributed by atoms with Gasteiger partial charge in [0, 0.05) is 12.5 Å². The molecule has 0 unspecified atom stereocenters. The van der Waals surface area contributed by atoms with E-state index in [4.69, 9.17) is 9.47 Å². The van der Waals surface area contributed by atoms with E-state index in [2.05, 4.69) is 71.3 Å². The highest BCUT2D eigenvalue weighted by Crippen LogP contribution is 2.22. The molecule has 0 aromatic carbocycles. The summed E-state index contributed by atoms with van der Waals surface area (Å²) in [5.41, 5.74) is 3.00. The molecule has 0 aromatic heterocycles. The smallest absolute Gasteiger partial charge is 0.158 e. The highest BCUT2D eigenvalue weighted by atomic mass is 28.3.